The van der Waals surface area contributed by atoms with E-state index in [0.717, 1.165) is 60.1 Å². The maximum atomic E-state index is 12.7. The Bertz CT molecular complexity index is 1280. The molecule has 0 bridgehead atoms. The number of hydrogen-bond acceptors (Lipinski definition) is 5. The zero-order valence-corrected chi connectivity index (χ0v) is 19.6. The van der Waals surface area contributed by atoms with Gasteiger partial charge in [0, 0.05) is 54.5 Å². The summed E-state index contributed by atoms with van der Waals surface area (Å²) in [7, 11) is 0. The molecule has 3 aromatic rings. The molecule has 0 aliphatic carbocycles. The lowest BCUT2D eigenvalue weighted by Crippen LogP contribution is -2.36. The number of hydrogen-bond donors (Lipinski definition) is 3. The number of fused-ring (bicyclic) bond motifs is 1. The molecule has 1 saturated heterocycles. The van der Waals surface area contributed by atoms with Gasteiger partial charge < -0.3 is 25.6 Å². The summed E-state index contributed by atoms with van der Waals surface area (Å²) in [5, 5.41) is 9.04. The lowest BCUT2D eigenvalue weighted by atomic mass is 9.99. The highest BCUT2D eigenvalue weighted by atomic mass is 16.5. The minimum atomic E-state index is -0.123. The fourth-order valence-corrected chi connectivity index (χ4v) is 4.43. The van der Waals surface area contributed by atoms with Crippen LogP contribution in [0.15, 0.2) is 72.9 Å². The van der Waals surface area contributed by atoms with Crippen molar-refractivity contribution in [3.63, 3.8) is 0 Å². The first-order valence-electron chi connectivity index (χ1n) is 11.8. The Labute approximate surface area is 204 Å². The molecule has 3 N–H and O–H groups in total. The number of amides is 2. The van der Waals surface area contributed by atoms with Gasteiger partial charge in [0.15, 0.2) is 0 Å². The van der Waals surface area contributed by atoms with Gasteiger partial charge in [0.1, 0.15) is 0 Å². The number of rotatable bonds is 6. The van der Waals surface area contributed by atoms with Crippen LogP contribution in [0.2, 0.25) is 0 Å². The van der Waals surface area contributed by atoms with Gasteiger partial charge in [-0.25, -0.2) is 0 Å². The normalized spacial score (nSPS) is 16.1. The lowest BCUT2D eigenvalue weighted by Gasteiger charge is -2.28. The van der Waals surface area contributed by atoms with Crippen molar-refractivity contribution in [1.82, 2.24) is 0 Å². The molecule has 178 valence electrons. The van der Waals surface area contributed by atoms with Crippen LogP contribution in [0.3, 0.4) is 0 Å². The number of anilines is 4. The molecule has 2 aliphatic heterocycles. The number of nitrogens with zero attached hydrogens (tertiary/aromatic N) is 1. The Morgan fingerprint density at radius 2 is 1.77 bits per heavy atom. The lowest BCUT2D eigenvalue weighted by molar-refractivity contribution is -0.114. The van der Waals surface area contributed by atoms with Crippen molar-refractivity contribution in [3.8, 4) is 0 Å². The van der Waals surface area contributed by atoms with Gasteiger partial charge in [-0.05, 0) is 66.1 Å². The minimum absolute atomic E-state index is 0.0951. The van der Waals surface area contributed by atoms with Crippen molar-refractivity contribution >= 4 is 40.1 Å². The molecule has 3 aromatic carbocycles. The summed E-state index contributed by atoms with van der Waals surface area (Å²) in [5.41, 5.74) is 7.32. The standard InChI is InChI=1S/C28H28N4O3/c1-19(33)30-23-4-2-3-20(16-23)15-21-5-10-27-25(17-21)26(28(34)31-27)18-29-22-6-8-24(9-7-22)32-11-13-35-14-12-32/h2-10,16-18,29H,11-15H2,1H3,(H,30,33)(H,31,34). The number of nitrogens with one attached hydrogen (secondary N) is 3. The van der Waals surface area contributed by atoms with Crippen LogP contribution in [0, 0.1) is 0 Å². The van der Waals surface area contributed by atoms with Gasteiger partial charge in [-0.15, -0.1) is 0 Å². The van der Waals surface area contributed by atoms with E-state index in [2.05, 4.69) is 33.0 Å². The van der Waals surface area contributed by atoms with E-state index in [1.165, 1.54) is 12.6 Å². The Morgan fingerprint density at radius 1 is 1.00 bits per heavy atom. The highest BCUT2D eigenvalue weighted by molar-refractivity contribution is 6.31. The summed E-state index contributed by atoms with van der Waals surface area (Å²) in [5.74, 6) is -0.218. The van der Waals surface area contributed by atoms with Gasteiger partial charge in [-0.2, -0.15) is 0 Å². The molecule has 0 aromatic heterocycles. The molecule has 0 radical (unpaired) electrons. The first-order valence-corrected chi connectivity index (χ1v) is 11.8. The molecule has 0 atom stereocenters. The van der Waals surface area contributed by atoms with Crippen molar-refractivity contribution in [2.24, 2.45) is 0 Å². The second kappa shape index (κ2) is 10.0. The number of benzene rings is 3. The molecule has 1 fully saturated rings. The largest absolute Gasteiger partial charge is 0.378 e. The average Bonchev–Trinajstić information content (AvgIpc) is 3.17. The van der Waals surface area contributed by atoms with Crippen LogP contribution in [0.4, 0.5) is 22.7 Å². The van der Waals surface area contributed by atoms with Crippen LogP contribution in [0.5, 0.6) is 0 Å². The number of morpholine rings is 1. The van der Waals surface area contributed by atoms with E-state index in [1.54, 1.807) is 6.20 Å². The topological polar surface area (TPSA) is 82.7 Å². The fourth-order valence-electron chi connectivity index (χ4n) is 4.43. The molecule has 7 nitrogen and oxygen atoms in total. The smallest absolute Gasteiger partial charge is 0.257 e. The molecular weight excluding hydrogens is 440 g/mol. The molecule has 0 spiro atoms. The predicted molar refractivity (Wildman–Crippen MR) is 140 cm³/mol. The minimum Gasteiger partial charge on any atom is -0.378 e. The highest BCUT2D eigenvalue weighted by Crippen LogP contribution is 2.33. The molecule has 2 aliphatic rings. The molecule has 0 unspecified atom stereocenters. The van der Waals surface area contributed by atoms with Crippen molar-refractivity contribution < 1.29 is 14.3 Å². The van der Waals surface area contributed by atoms with Gasteiger partial charge in [-0.3, -0.25) is 9.59 Å². The average molecular weight is 469 g/mol. The predicted octanol–water partition coefficient (Wildman–Crippen LogP) is 4.48. The van der Waals surface area contributed by atoms with Crippen molar-refractivity contribution in [1.29, 1.82) is 0 Å². The van der Waals surface area contributed by atoms with E-state index in [9.17, 15) is 9.59 Å². The van der Waals surface area contributed by atoms with E-state index in [0.29, 0.717) is 12.0 Å². The summed E-state index contributed by atoms with van der Waals surface area (Å²) in [4.78, 5) is 26.3. The van der Waals surface area contributed by atoms with Crippen LogP contribution in [0.25, 0.3) is 5.57 Å². The SMILES string of the molecule is CC(=O)Nc1cccc(Cc2ccc3c(c2)C(=CNc2ccc(N4CCOCC4)cc2)C(=O)N3)c1. The van der Waals surface area contributed by atoms with Crippen LogP contribution in [-0.2, 0) is 20.7 Å². The van der Waals surface area contributed by atoms with Gasteiger partial charge in [0.2, 0.25) is 5.91 Å². The van der Waals surface area contributed by atoms with Gasteiger partial charge in [0.25, 0.3) is 5.91 Å². The van der Waals surface area contributed by atoms with Crippen LogP contribution in [-0.4, -0.2) is 38.1 Å². The highest BCUT2D eigenvalue weighted by Gasteiger charge is 2.24. The van der Waals surface area contributed by atoms with E-state index in [1.807, 2.05) is 54.6 Å². The Hall–Kier alpha value is -4.10. The molecule has 35 heavy (non-hydrogen) atoms. The Morgan fingerprint density at radius 3 is 2.54 bits per heavy atom. The summed E-state index contributed by atoms with van der Waals surface area (Å²) >= 11 is 0. The molecule has 7 heteroatoms. The maximum Gasteiger partial charge on any atom is 0.257 e. The van der Waals surface area contributed by atoms with Crippen LogP contribution in [0.1, 0.15) is 23.6 Å². The first kappa shape index (κ1) is 22.7. The van der Waals surface area contributed by atoms with Gasteiger partial charge in [-0.1, -0.05) is 18.2 Å². The quantitative estimate of drug-likeness (QED) is 0.465. The van der Waals surface area contributed by atoms with E-state index in [4.69, 9.17) is 4.74 Å². The third-order valence-corrected chi connectivity index (χ3v) is 6.15. The van der Waals surface area contributed by atoms with Crippen molar-refractivity contribution in [2.45, 2.75) is 13.3 Å². The second-order valence-corrected chi connectivity index (χ2v) is 8.74. The monoisotopic (exact) mass is 468 g/mol. The second-order valence-electron chi connectivity index (χ2n) is 8.74. The molecule has 0 saturated carbocycles. The zero-order valence-electron chi connectivity index (χ0n) is 19.6. The number of carbonyl (C=O) groups excluding carboxylic acids is 2. The molecule has 5 rings (SSSR count). The molecular formula is C28H28N4O3. The van der Waals surface area contributed by atoms with Crippen LogP contribution < -0.4 is 20.9 Å². The van der Waals surface area contributed by atoms with Crippen LogP contribution >= 0.6 is 0 Å². The summed E-state index contributed by atoms with van der Waals surface area (Å²) in [6.45, 7) is 4.80. The fraction of sp³-hybridized carbons (Fsp3) is 0.214. The van der Waals surface area contributed by atoms with Crippen molar-refractivity contribution in [2.75, 3.05) is 47.2 Å². The Kier molecular flexibility index (Phi) is 6.50. The number of ether oxygens (including phenoxy) is 1. The maximum absolute atomic E-state index is 12.7. The third-order valence-electron chi connectivity index (χ3n) is 6.15. The van der Waals surface area contributed by atoms with E-state index < -0.39 is 0 Å². The zero-order chi connectivity index (χ0) is 24.2. The van der Waals surface area contributed by atoms with E-state index in [-0.39, 0.29) is 11.8 Å². The summed E-state index contributed by atoms with van der Waals surface area (Å²) in [6.07, 6.45) is 2.46. The Balaban J connectivity index is 1.31. The summed E-state index contributed by atoms with van der Waals surface area (Å²) < 4.78 is 5.42. The van der Waals surface area contributed by atoms with Gasteiger partial charge >= 0.3 is 0 Å². The molecule has 2 amide bonds. The summed E-state index contributed by atoms with van der Waals surface area (Å²) in [6, 6.07) is 22.0. The third kappa shape index (κ3) is 5.36. The molecule has 2 heterocycles. The van der Waals surface area contributed by atoms with Crippen molar-refractivity contribution in [3.05, 3.63) is 89.6 Å². The first-order chi connectivity index (χ1) is 17.0. The van der Waals surface area contributed by atoms with Gasteiger partial charge in [0.05, 0.1) is 18.8 Å². The van der Waals surface area contributed by atoms with E-state index >= 15 is 0 Å². The number of carbonyl (C=O) groups is 2.